The van der Waals surface area contributed by atoms with Crippen LogP contribution in [0.2, 0.25) is 0 Å². The quantitative estimate of drug-likeness (QED) is 0.173. The lowest BCUT2D eigenvalue weighted by molar-refractivity contribution is 1.14. The van der Waals surface area contributed by atoms with Gasteiger partial charge in [0.05, 0.1) is 29.3 Å². The second-order valence-electron chi connectivity index (χ2n) is 8.80. The van der Waals surface area contributed by atoms with Crippen LogP contribution >= 0.6 is 11.3 Å². The molecule has 39 heavy (non-hydrogen) atoms. The molecule has 4 N–H and O–H groups in total. The molecular weight excluding hydrogens is 500 g/mol. The summed E-state index contributed by atoms with van der Waals surface area (Å²) in [5, 5.41) is 5.38. The number of benzene rings is 1. The van der Waals surface area contributed by atoms with Crippen molar-refractivity contribution in [1.82, 2.24) is 25.3 Å². The Morgan fingerprint density at radius 2 is 1.90 bits per heavy atom. The van der Waals surface area contributed by atoms with Crippen LogP contribution in [0.25, 0.3) is 38.3 Å². The van der Waals surface area contributed by atoms with E-state index in [9.17, 15) is 0 Å². The molecule has 4 aromatic heterocycles. The number of hydrogen-bond donors (Lipinski definition) is 3. The van der Waals surface area contributed by atoms with Crippen molar-refractivity contribution < 1.29 is 0 Å². The Morgan fingerprint density at radius 1 is 1.08 bits per heavy atom. The Labute approximate surface area is 231 Å². The molecule has 0 radical (unpaired) electrons. The number of nitrogens with one attached hydrogen (secondary N) is 2. The molecule has 0 aliphatic carbocycles. The normalized spacial score (nSPS) is 11.9. The topological polar surface area (TPSA) is 92.5 Å². The molecule has 192 valence electrons. The zero-order chi connectivity index (χ0) is 27.4. The van der Waals surface area contributed by atoms with E-state index >= 15 is 0 Å². The van der Waals surface area contributed by atoms with Gasteiger partial charge in [-0.25, -0.2) is 4.98 Å². The monoisotopic (exact) mass is 528 g/mol. The van der Waals surface area contributed by atoms with Gasteiger partial charge in [-0.05, 0) is 47.7 Å². The molecule has 0 atom stereocenters. The van der Waals surface area contributed by atoms with Crippen molar-refractivity contribution in [2.24, 2.45) is 0 Å². The average Bonchev–Trinajstić information content (AvgIpc) is 3.66. The lowest BCUT2D eigenvalue weighted by Gasteiger charge is -2.13. The first-order valence-corrected chi connectivity index (χ1v) is 13.2. The number of anilines is 1. The van der Waals surface area contributed by atoms with Crippen LogP contribution < -0.4 is 11.1 Å². The van der Waals surface area contributed by atoms with E-state index in [1.54, 1.807) is 29.8 Å². The van der Waals surface area contributed by atoms with Crippen molar-refractivity contribution in [2.75, 3.05) is 5.73 Å². The number of H-pyrrole nitrogens is 1. The van der Waals surface area contributed by atoms with Gasteiger partial charge in [-0.3, -0.25) is 9.97 Å². The van der Waals surface area contributed by atoms with Crippen molar-refractivity contribution in [3.8, 4) is 10.4 Å². The SMILES string of the molecule is C=C/C(=C\C(=C/C)c1cc(C(=C)c2nc3c(-c4cccs4)cncc3[nH]2)c(N)cn1)NC(=C)c1ccccc1. The van der Waals surface area contributed by atoms with E-state index in [2.05, 4.69) is 46.1 Å². The molecule has 7 heteroatoms. The molecular formula is C32H28N6S. The van der Waals surface area contributed by atoms with E-state index in [1.807, 2.05) is 73.1 Å². The van der Waals surface area contributed by atoms with E-state index in [0.717, 1.165) is 55.3 Å². The Kier molecular flexibility index (Phi) is 7.34. The molecule has 0 unspecified atom stereocenters. The van der Waals surface area contributed by atoms with Gasteiger partial charge in [-0.2, -0.15) is 0 Å². The largest absolute Gasteiger partial charge is 0.397 e. The highest BCUT2D eigenvalue weighted by Crippen LogP contribution is 2.33. The molecule has 5 aromatic rings. The molecule has 0 spiro atoms. The lowest BCUT2D eigenvalue weighted by atomic mass is 10.0. The Bertz CT molecular complexity index is 1740. The van der Waals surface area contributed by atoms with Gasteiger partial charge in [0.2, 0.25) is 0 Å². The number of imidazole rings is 1. The van der Waals surface area contributed by atoms with Crippen LogP contribution in [-0.4, -0.2) is 19.9 Å². The third-order valence-electron chi connectivity index (χ3n) is 6.28. The number of pyridine rings is 2. The van der Waals surface area contributed by atoms with Crippen LogP contribution in [0.15, 0.2) is 116 Å². The van der Waals surface area contributed by atoms with Crippen LogP contribution in [0, 0.1) is 0 Å². The number of rotatable bonds is 9. The number of fused-ring (bicyclic) bond motifs is 1. The van der Waals surface area contributed by atoms with Crippen LogP contribution in [0.3, 0.4) is 0 Å². The zero-order valence-corrected chi connectivity index (χ0v) is 22.4. The van der Waals surface area contributed by atoms with Crippen molar-refractivity contribution in [3.05, 3.63) is 139 Å². The number of nitrogens with two attached hydrogens (primary N) is 1. The molecule has 0 fully saturated rings. The second-order valence-corrected chi connectivity index (χ2v) is 9.75. The second kappa shape index (κ2) is 11.2. The van der Waals surface area contributed by atoms with Crippen LogP contribution in [-0.2, 0) is 0 Å². The molecule has 5 rings (SSSR count). The molecule has 0 saturated heterocycles. The fraction of sp³-hybridized carbons (Fsp3) is 0.0312. The maximum Gasteiger partial charge on any atom is 0.138 e. The van der Waals surface area contributed by atoms with E-state index < -0.39 is 0 Å². The summed E-state index contributed by atoms with van der Waals surface area (Å²) in [4.78, 5) is 18.3. The summed E-state index contributed by atoms with van der Waals surface area (Å²) < 4.78 is 0. The zero-order valence-electron chi connectivity index (χ0n) is 21.6. The minimum atomic E-state index is 0.514. The minimum absolute atomic E-state index is 0.514. The van der Waals surface area contributed by atoms with Gasteiger partial charge in [0.25, 0.3) is 0 Å². The molecule has 0 aliphatic heterocycles. The van der Waals surface area contributed by atoms with E-state index in [-0.39, 0.29) is 0 Å². The number of hydrogen-bond acceptors (Lipinski definition) is 6. The maximum atomic E-state index is 6.38. The van der Waals surface area contributed by atoms with Gasteiger partial charge in [0.1, 0.15) is 11.3 Å². The number of thiophene rings is 1. The van der Waals surface area contributed by atoms with Gasteiger partial charge in [-0.1, -0.05) is 62.2 Å². The molecule has 1 aromatic carbocycles. The van der Waals surface area contributed by atoms with Gasteiger partial charge in [-0.15, -0.1) is 11.3 Å². The average molecular weight is 529 g/mol. The minimum Gasteiger partial charge on any atom is -0.397 e. The lowest BCUT2D eigenvalue weighted by Crippen LogP contribution is -2.09. The summed E-state index contributed by atoms with van der Waals surface area (Å²) in [5.41, 5.74) is 15.2. The number of nitrogen functional groups attached to an aromatic ring is 1. The smallest absolute Gasteiger partial charge is 0.138 e. The Hall–Kier alpha value is -5.01. The number of allylic oxidation sites excluding steroid dienone is 4. The molecule has 4 heterocycles. The predicted molar refractivity (Wildman–Crippen MR) is 165 cm³/mol. The highest BCUT2D eigenvalue weighted by atomic mass is 32.1. The summed E-state index contributed by atoms with van der Waals surface area (Å²) in [5.74, 6) is 0.629. The molecule has 0 saturated carbocycles. The van der Waals surface area contributed by atoms with Crippen LogP contribution in [0.4, 0.5) is 5.69 Å². The highest BCUT2D eigenvalue weighted by Gasteiger charge is 2.16. The predicted octanol–water partition coefficient (Wildman–Crippen LogP) is 7.46. The summed E-state index contributed by atoms with van der Waals surface area (Å²) in [6.07, 6.45) is 11.0. The van der Waals surface area contributed by atoms with Gasteiger partial charge < -0.3 is 16.0 Å². The van der Waals surface area contributed by atoms with E-state index in [0.29, 0.717) is 17.1 Å². The fourth-order valence-corrected chi connectivity index (χ4v) is 4.94. The molecule has 0 aliphatic rings. The first kappa shape index (κ1) is 25.6. The maximum absolute atomic E-state index is 6.38. The van der Waals surface area contributed by atoms with Crippen molar-refractivity contribution in [2.45, 2.75) is 6.92 Å². The first-order chi connectivity index (χ1) is 19.0. The van der Waals surface area contributed by atoms with E-state index in [1.165, 1.54) is 0 Å². The summed E-state index contributed by atoms with van der Waals surface area (Å²) in [6, 6.07) is 15.9. The summed E-state index contributed by atoms with van der Waals surface area (Å²) in [7, 11) is 0. The summed E-state index contributed by atoms with van der Waals surface area (Å²) in [6.45, 7) is 14.4. The van der Waals surface area contributed by atoms with E-state index in [4.69, 9.17) is 10.7 Å². The van der Waals surface area contributed by atoms with Crippen LogP contribution in [0.1, 0.15) is 29.6 Å². The Balaban J connectivity index is 1.46. The first-order valence-electron chi connectivity index (χ1n) is 12.3. The number of nitrogens with zero attached hydrogens (tertiary/aromatic N) is 3. The third-order valence-corrected chi connectivity index (χ3v) is 7.18. The number of aromatic amines is 1. The Morgan fingerprint density at radius 3 is 2.62 bits per heavy atom. The van der Waals surface area contributed by atoms with Crippen molar-refractivity contribution >= 4 is 44.9 Å². The highest BCUT2D eigenvalue weighted by molar-refractivity contribution is 7.13. The third kappa shape index (κ3) is 5.35. The van der Waals surface area contributed by atoms with Crippen LogP contribution in [0.5, 0.6) is 0 Å². The summed E-state index contributed by atoms with van der Waals surface area (Å²) >= 11 is 1.65. The standard InChI is InChI=1S/C32H28N6S/c1-5-22(15-24(6-2)36-21(4)23-11-8-7-9-12-23)28-16-25(27(33)18-35-28)20(3)32-37-29-19-34-17-26(31(29)38-32)30-13-10-14-39-30/h5-19,36H,2-4,33H2,1H3,(H,37,38)/b22-5+,24-15+. The van der Waals surface area contributed by atoms with Crippen molar-refractivity contribution in [3.63, 3.8) is 0 Å². The van der Waals surface area contributed by atoms with Gasteiger partial charge in [0.15, 0.2) is 0 Å². The molecule has 0 bridgehead atoms. The molecule has 6 nitrogen and oxygen atoms in total. The van der Waals surface area contributed by atoms with Gasteiger partial charge in [0, 0.05) is 39.2 Å². The number of aromatic nitrogens is 4. The van der Waals surface area contributed by atoms with Gasteiger partial charge >= 0.3 is 0 Å². The fourth-order valence-electron chi connectivity index (χ4n) is 4.21. The molecule has 0 amide bonds. The van der Waals surface area contributed by atoms with Crippen molar-refractivity contribution in [1.29, 1.82) is 0 Å².